The van der Waals surface area contributed by atoms with Crippen molar-refractivity contribution in [3.05, 3.63) is 45.5 Å². The largest absolute Gasteiger partial charge is 0.490 e. The maximum atomic E-state index is 6.07. The van der Waals surface area contributed by atoms with Crippen molar-refractivity contribution in [3.63, 3.8) is 0 Å². The van der Waals surface area contributed by atoms with Crippen molar-refractivity contribution in [1.82, 2.24) is 14.9 Å². The van der Waals surface area contributed by atoms with Crippen LogP contribution in [0.2, 0.25) is 10.0 Å². The maximum absolute atomic E-state index is 6.07. The number of nitrogens with one attached hydrogen (secondary N) is 1. The van der Waals surface area contributed by atoms with Gasteiger partial charge in [-0.3, -0.25) is 0 Å². The highest BCUT2D eigenvalue weighted by molar-refractivity contribution is 7.17. The topological polar surface area (TPSA) is 50.3 Å². The molecule has 1 fully saturated rings. The Morgan fingerprint density at radius 1 is 1.21 bits per heavy atom. The number of piperidine rings is 1. The number of anilines is 1. The highest BCUT2D eigenvalue weighted by Crippen LogP contribution is 2.29. The molecule has 1 aliphatic heterocycles. The zero-order valence-corrected chi connectivity index (χ0v) is 18.7. The van der Waals surface area contributed by atoms with Gasteiger partial charge in [-0.2, -0.15) is 0 Å². The van der Waals surface area contributed by atoms with Crippen molar-refractivity contribution >= 4 is 50.6 Å². The average molecular weight is 451 g/mol. The summed E-state index contributed by atoms with van der Waals surface area (Å²) in [6, 6.07) is 5.46. The van der Waals surface area contributed by atoms with Crippen LogP contribution in [-0.2, 0) is 0 Å². The summed E-state index contributed by atoms with van der Waals surface area (Å²) in [5.41, 5.74) is 1.23. The third-order valence-electron chi connectivity index (χ3n) is 5.23. The van der Waals surface area contributed by atoms with Crippen LogP contribution in [0.1, 0.15) is 24.8 Å². The predicted molar refractivity (Wildman–Crippen MR) is 122 cm³/mol. The van der Waals surface area contributed by atoms with E-state index in [4.69, 9.17) is 27.9 Å². The fourth-order valence-corrected chi connectivity index (χ4v) is 4.83. The van der Waals surface area contributed by atoms with Gasteiger partial charge in [0.05, 0.1) is 15.4 Å². The fraction of sp³-hybridized carbons (Fsp3) is 0.429. The highest BCUT2D eigenvalue weighted by Gasteiger charge is 2.20. The molecule has 154 valence electrons. The number of thiophene rings is 1. The second kappa shape index (κ2) is 9.47. The Kier molecular flexibility index (Phi) is 6.75. The van der Waals surface area contributed by atoms with E-state index >= 15 is 0 Å². The van der Waals surface area contributed by atoms with Crippen LogP contribution in [0.5, 0.6) is 5.75 Å². The van der Waals surface area contributed by atoms with Gasteiger partial charge in [0.2, 0.25) is 0 Å². The number of benzene rings is 1. The Bertz CT molecular complexity index is 972. The van der Waals surface area contributed by atoms with E-state index in [2.05, 4.69) is 32.5 Å². The molecule has 0 radical (unpaired) electrons. The number of aromatic nitrogens is 2. The first kappa shape index (κ1) is 20.7. The summed E-state index contributed by atoms with van der Waals surface area (Å²) in [4.78, 5) is 12.3. The van der Waals surface area contributed by atoms with Crippen LogP contribution >= 0.6 is 34.5 Å². The van der Waals surface area contributed by atoms with Gasteiger partial charge in [-0.05, 0) is 55.8 Å². The Labute approximate surface area is 185 Å². The molecule has 0 atom stereocenters. The number of likely N-dealkylation sites (tertiary alicyclic amines) is 1. The van der Waals surface area contributed by atoms with Gasteiger partial charge >= 0.3 is 0 Å². The Morgan fingerprint density at radius 2 is 2.03 bits per heavy atom. The van der Waals surface area contributed by atoms with Gasteiger partial charge in [-0.1, -0.05) is 23.2 Å². The molecule has 29 heavy (non-hydrogen) atoms. The van der Waals surface area contributed by atoms with Crippen molar-refractivity contribution in [2.75, 3.05) is 31.5 Å². The zero-order valence-electron chi connectivity index (χ0n) is 16.3. The van der Waals surface area contributed by atoms with E-state index in [0.717, 1.165) is 67.2 Å². The van der Waals surface area contributed by atoms with Gasteiger partial charge in [0, 0.05) is 25.7 Å². The molecule has 1 aromatic carbocycles. The fourth-order valence-electron chi connectivity index (χ4n) is 3.65. The van der Waals surface area contributed by atoms with Gasteiger partial charge in [-0.15, -0.1) is 11.3 Å². The summed E-state index contributed by atoms with van der Waals surface area (Å²) < 4.78 is 6.07. The monoisotopic (exact) mass is 450 g/mol. The van der Waals surface area contributed by atoms with E-state index in [1.165, 1.54) is 5.56 Å². The molecular weight excluding hydrogens is 427 g/mol. The van der Waals surface area contributed by atoms with E-state index < -0.39 is 0 Å². The quantitative estimate of drug-likeness (QED) is 0.471. The maximum Gasteiger partial charge on any atom is 0.138 e. The molecule has 0 amide bonds. The van der Waals surface area contributed by atoms with Crippen LogP contribution in [-0.4, -0.2) is 47.2 Å². The molecule has 5 nitrogen and oxygen atoms in total. The number of hydrogen-bond donors (Lipinski definition) is 1. The normalized spacial score (nSPS) is 15.7. The minimum absolute atomic E-state index is 0.234. The molecular formula is C21H24Cl2N4OS. The van der Waals surface area contributed by atoms with E-state index in [-0.39, 0.29) is 6.10 Å². The predicted octanol–water partition coefficient (Wildman–Crippen LogP) is 5.65. The van der Waals surface area contributed by atoms with Crippen molar-refractivity contribution in [1.29, 1.82) is 0 Å². The van der Waals surface area contributed by atoms with Crippen LogP contribution in [0, 0.1) is 6.92 Å². The lowest BCUT2D eigenvalue weighted by atomic mass is 10.1. The third kappa shape index (κ3) is 5.12. The van der Waals surface area contributed by atoms with Gasteiger partial charge in [-0.25, -0.2) is 9.97 Å². The van der Waals surface area contributed by atoms with Crippen molar-refractivity contribution in [2.45, 2.75) is 32.3 Å². The number of hydrogen-bond acceptors (Lipinski definition) is 6. The molecule has 0 bridgehead atoms. The summed E-state index contributed by atoms with van der Waals surface area (Å²) in [6.07, 6.45) is 4.99. The number of ether oxygens (including phenoxy) is 1. The second-order valence-corrected chi connectivity index (χ2v) is 9.01. The minimum atomic E-state index is 0.234. The minimum Gasteiger partial charge on any atom is -0.490 e. The van der Waals surface area contributed by atoms with Crippen LogP contribution in [0.3, 0.4) is 0 Å². The van der Waals surface area contributed by atoms with Crippen LogP contribution in [0.4, 0.5) is 5.82 Å². The summed E-state index contributed by atoms with van der Waals surface area (Å²) in [5, 5.41) is 7.86. The Balaban J connectivity index is 1.19. The average Bonchev–Trinajstić information content (AvgIpc) is 3.11. The molecule has 1 aliphatic rings. The van der Waals surface area contributed by atoms with E-state index in [1.54, 1.807) is 29.8 Å². The van der Waals surface area contributed by atoms with Gasteiger partial charge in [0.15, 0.2) is 0 Å². The summed E-state index contributed by atoms with van der Waals surface area (Å²) in [5.74, 6) is 1.74. The molecule has 2 aromatic heterocycles. The first-order valence-corrected chi connectivity index (χ1v) is 11.5. The number of aryl methyl sites for hydroxylation is 1. The van der Waals surface area contributed by atoms with Crippen LogP contribution in [0.25, 0.3) is 10.2 Å². The second-order valence-electron chi connectivity index (χ2n) is 7.34. The zero-order chi connectivity index (χ0) is 20.2. The molecule has 4 rings (SSSR count). The lowest BCUT2D eigenvalue weighted by Gasteiger charge is -2.32. The molecule has 3 heterocycles. The van der Waals surface area contributed by atoms with Crippen LogP contribution in [0.15, 0.2) is 29.9 Å². The van der Waals surface area contributed by atoms with Gasteiger partial charge in [0.1, 0.15) is 28.8 Å². The summed E-state index contributed by atoms with van der Waals surface area (Å²) in [7, 11) is 0. The third-order valence-corrected chi connectivity index (χ3v) is 6.97. The van der Waals surface area contributed by atoms with E-state index in [9.17, 15) is 0 Å². The number of nitrogens with zero attached hydrogens (tertiary/aromatic N) is 3. The molecule has 8 heteroatoms. The van der Waals surface area contributed by atoms with Crippen LogP contribution < -0.4 is 10.1 Å². The molecule has 0 unspecified atom stereocenters. The molecule has 1 saturated heterocycles. The smallest absolute Gasteiger partial charge is 0.138 e. The SMILES string of the molecule is Cc1csc2ncnc(NCCCN3CCC(Oc4ccc(Cl)c(Cl)c4)CC3)c12. The molecule has 0 saturated carbocycles. The molecule has 0 spiro atoms. The summed E-state index contributed by atoms with van der Waals surface area (Å²) >= 11 is 13.7. The lowest BCUT2D eigenvalue weighted by Crippen LogP contribution is -2.39. The molecule has 3 aromatic rings. The Hall–Kier alpha value is -1.60. The van der Waals surface area contributed by atoms with Crippen molar-refractivity contribution in [3.8, 4) is 5.75 Å². The van der Waals surface area contributed by atoms with Gasteiger partial charge < -0.3 is 15.0 Å². The van der Waals surface area contributed by atoms with E-state index in [0.29, 0.717) is 10.0 Å². The molecule has 1 N–H and O–H groups in total. The van der Waals surface area contributed by atoms with E-state index in [1.807, 2.05) is 6.07 Å². The van der Waals surface area contributed by atoms with Gasteiger partial charge in [0.25, 0.3) is 0 Å². The van der Waals surface area contributed by atoms with Crippen molar-refractivity contribution < 1.29 is 4.74 Å². The first-order chi connectivity index (χ1) is 14.1. The van der Waals surface area contributed by atoms with Crippen molar-refractivity contribution in [2.24, 2.45) is 0 Å². The number of fused-ring (bicyclic) bond motifs is 1. The standard InChI is InChI=1S/C21H24Cl2N4OS/c1-14-12-29-21-19(14)20(25-13-26-21)24-7-2-8-27-9-5-15(6-10-27)28-16-3-4-17(22)18(23)11-16/h3-4,11-13,15H,2,5-10H2,1H3,(H,24,25,26). The Morgan fingerprint density at radius 3 is 2.83 bits per heavy atom. The number of halogens is 2. The molecule has 0 aliphatic carbocycles. The first-order valence-electron chi connectivity index (χ1n) is 9.87. The number of rotatable bonds is 7. The highest BCUT2D eigenvalue weighted by atomic mass is 35.5. The summed E-state index contributed by atoms with van der Waals surface area (Å²) in [6.45, 7) is 6.18. The lowest BCUT2D eigenvalue weighted by molar-refractivity contribution is 0.100.